The standard InChI is InChI=1S/C10H17NO/c1-4-5-6-11-7-9(12)10(2,3)8-11/h9,12H,6-8H2,1-3H3. The van der Waals surface area contributed by atoms with Crippen LogP contribution in [0.3, 0.4) is 0 Å². The van der Waals surface area contributed by atoms with Crippen molar-refractivity contribution in [3.63, 3.8) is 0 Å². The van der Waals surface area contributed by atoms with Crippen LogP contribution >= 0.6 is 0 Å². The molecule has 0 saturated carbocycles. The van der Waals surface area contributed by atoms with Gasteiger partial charge in [-0.1, -0.05) is 19.8 Å². The minimum absolute atomic E-state index is 0.0371. The van der Waals surface area contributed by atoms with Gasteiger partial charge in [0.2, 0.25) is 0 Å². The van der Waals surface area contributed by atoms with Gasteiger partial charge in [0.05, 0.1) is 12.6 Å². The van der Waals surface area contributed by atoms with Gasteiger partial charge in [0.25, 0.3) is 0 Å². The van der Waals surface area contributed by atoms with E-state index >= 15 is 0 Å². The molecular formula is C10H17NO. The van der Waals surface area contributed by atoms with E-state index in [9.17, 15) is 5.11 Å². The molecule has 1 unspecified atom stereocenters. The number of hydrogen-bond donors (Lipinski definition) is 1. The molecule has 0 aromatic rings. The van der Waals surface area contributed by atoms with Crippen molar-refractivity contribution in [2.75, 3.05) is 19.6 Å². The zero-order chi connectivity index (χ0) is 9.19. The highest BCUT2D eigenvalue weighted by Crippen LogP contribution is 2.28. The van der Waals surface area contributed by atoms with E-state index in [-0.39, 0.29) is 11.5 Å². The highest BCUT2D eigenvalue weighted by atomic mass is 16.3. The van der Waals surface area contributed by atoms with Crippen LogP contribution in [0, 0.1) is 17.3 Å². The molecule has 1 fully saturated rings. The lowest BCUT2D eigenvalue weighted by Crippen LogP contribution is -2.26. The zero-order valence-electron chi connectivity index (χ0n) is 8.09. The third-order valence-electron chi connectivity index (χ3n) is 2.44. The summed E-state index contributed by atoms with van der Waals surface area (Å²) in [6, 6.07) is 0. The third kappa shape index (κ3) is 2.00. The molecule has 1 atom stereocenters. The maximum atomic E-state index is 9.64. The lowest BCUT2D eigenvalue weighted by molar-refractivity contribution is 0.0956. The molecule has 1 saturated heterocycles. The summed E-state index contributed by atoms with van der Waals surface area (Å²) in [6.45, 7) is 8.53. The van der Waals surface area contributed by atoms with Gasteiger partial charge in [0.1, 0.15) is 0 Å². The van der Waals surface area contributed by atoms with Gasteiger partial charge >= 0.3 is 0 Å². The van der Waals surface area contributed by atoms with Gasteiger partial charge in [-0.15, -0.1) is 5.92 Å². The highest BCUT2D eigenvalue weighted by Gasteiger charge is 2.37. The molecule has 0 amide bonds. The second-order valence-electron chi connectivity index (χ2n) is 4.10. The number of likely N-dealkylation sites (tertiary alicyclic amines) is 1. The van der Waals surface area contributed by atoms with Crippen LogP contribution in [0.2, 0.25) is 0 Å². The molecule has 0 bridgehead atoms. The first kappa shape index (κ1) is 9.57. The maximum absolute atomic E-state index is 9.64. The first-order valence-electron chi connectivity index (χ1n) is 4.36. The number of β-amino-alcohol motifs (C(OH)–C–C–N with tert-alkyl or cyclic N) is 1. The molecule has 0 aliphatic carbocycles. The van der Waals surface area contributed by atoms with Gasteiger partial charge in [0, 0.05) is 18.5 Å². The molecule has 0 aromatic carbocycles. The fourth-order valence-corrected chi connectivity index (χ4v) is 1.55. The average Bonchev–Trinajstić information content (AvgIpc) is 2.22. The Kier molecular flexibility index (Phi) is 2.76. The minimum atomic E-state index is -0.198. The number of aliphatic hydroxyl groups is 1. The van der Waals surface area contributed by atoms with Crippen LogP contribution in [0.15, 0.2) is 0 Å². The first-order valence-corrected chi connectivity index (χ1v) is 4.36. The Morgan fingerprint density at radius 3 is 2.67 bits per heavy atom. The van der Waals surface area contributed by atoms with Gasteiger partial charge in [-0.25, -0.2) is 0 Å². The van der Waals surface area contributed by atoms with E-state index < -0.39 is 0 Å². The van der Waals surface area contributed by atoms with Gasteiger partial charge < -0.3 is 5.11 Å². The molecule has 1 aliphatic rings. The van der Waals surface area contributed by atoms with E-state index in [1.807, 2.05) is 6.92 Å². The van der Waals surface area contributed by atoms with Crippen LogP contribution < -0.4 is 0 Å². The minimum Gasteiger partial charge on any atom is -0.391 e. The van der Waals surface area contributed by atoms with Crippen molar-refractivity contribution >= 4 is 0 Å². The summed E-state index contributed by atoms with van der Waals surface area (Å²) >= 11 is 0. The summed E-state index contributed by atoms with van der Waals surface area (Å²) in [5.41, 5.74) is 0.0371. The SMILES string of the molecule is CC#CCN1CC(O)C(C)(C)C1. The number of aliphatic hydroxyl groups excluding tert-OH is 1. The van der Waals surface area contributed by atoms with E-state index in [1.165, 1.54) is 0 Å². The van der Waals surface area contributed by atoms with Crippen molar-refractivity contribution in [1.29, 1.82) is 0 Å². The Bertz CT molecular complexity index is 212. The summed E-state index contributed by atoms with van der Waals surface area (Å²) in [4.78, 5) is 2.20. The van der Waals surface area contributed by atoms with Crippen molar-refractivity contribution < 1.29 is 5.11 Å². The smallest absolute Gasteiger partial charge is 0.0730 e. The Balaban J connectivity index is 2.47. The highest BCUT2D eigenvalue weighted by molar-refractivity contribution is 5.01. The Hall–Kier alpha value is -0.520. The molecule has 1 heterocycles. The molecule has 0 radical (unpaired) electrons. The second-order valence-corrected chi connectivity index (χ2v) is 4.10. The molecule has 0 spiro atoms. The zero-order valence-corrected chi connectivity index (χ0v) is 8.09. The topological polar surface area (TPSA) is 23.5 Å². The summed E-state index contributed by atoms with van der Waals surface area (Å²) in [7, 11) is 0. The second kappa shape index (κ2) is 3.47. The van der Waals surface area contributed by atoms with E-state index in [0.717, 1.165) is 19.6 Å². The largest absolute Gasteiger partial charge is 0.391 e. The molecule has 1 N–H and O–H groups in total. The van der Waals surface area contributed by atoms with E-state index in [4.69, 9.17) is 0 Å². The lowest BCUT2D eigenvalue weighted by atomic mass is 9.90. The predicted octanol–water partition coefficient (Wildman–Crippen LogP) is 0.712. The number of nitrogens with zero attached hydrogens (tertiary/aromatic N) is 1. The maximum Gasteiger partial charge on any atom is 0.0730 e. The van der Waals surface area contributed by atoms with Crippen LogP contribution in [0.1, 0.15) is 20.8 Å². The van der Waals surface area contributed by atoms with Crippen molar-refractivity contribution in [3.8, 4) is 11.8 Å². The van der Waals surface area contributed by atoms with Crippen LogP contribution in [-0.4, -0.2) is 35.7 Å². The number of rotatable bonds is 1. The molecule has 2 heteroatoms. The first-order chi connectivity index (χ1) is 5.56. The normalized spacial score (nSPS) is 28.2. The quantitative estimate of drug-likeness (QED) is 0.581. The molecule has 1 aliphatic heterocycles. The van der Waals surface area contributed by atoms with Gasteiger partial charge in [0.15, 0.2) is 0 Å². The lowest BCUT2D eigenvalue weighted by Gasteiger charge is -2.20. The molecule has 1 rings (SSSR count). The van der Waals surface area contributed by atoms with Gasteiger partial charge in [-0.2, -0.15) is 0 Å². The molecular weight excluding hydrogens is 150 g/mol. The average molecular weight is 167 g/mol. The molecule has 12 heavy (non-hydrogen) atoms. The van der Waals surface area contributed by atoms with Crippen LogP contribution in [-0.2, 0) is 0 Å². The summed E-state index contributed by atoms with van der Waals surface area (Å²) in [6.07, 6.45) is -0.198. The molecule has 2 nitrogen and oxygen atoms in total. The van der Waals surface area contributed by atoms with Crippen LogP contribution in [0.4, 0.5) is 0 Å². The summed E-state index contributed by atoms with van der Waals surface area (Å²) in [5.74, 6) is 5.88. The fourth-order valence-electron chi connectivity index (χ4n) is 1.55. The summed E-state index contributed by atoms with van der Waals surface area (Å²) in [5, 5.41) is 9.64. The fraction of sp³-hybridized carbons (Fsp3) is 0.800. The monoisotopic (exact) mass is 167 g/mol. The Labute approximate surface area is 74.6 Å². The van der Waals surface area contributed by atoms with Gasteiger partial charge in [-0.05, 0) is 6.92 Å². The van der Waals surface area contributed by atoms with Crippen molar-refractivity contribution in [2.45, 2.75) is 26.9 Å². The Morgan fingerprint density at radius 1 is 1.58 bits per heavy atom. The van der Waals surface area contributed by atoms with E-state index in [1.54, 1.807) is 0 Å². The molecule has 0 aromatic heterocycles. The van der Waals surface area contributed by atoms with E-state index in [2.05, 4.69) is 30.6 Å². The number of hydrogen-bond acceptors (Lipinski definition) is 2. The van der Waals surface area contributed by atoms with Crippen LogP contribution in [0.5, 0.6) is 0 Å². The Morgan fingerprint density at radius 2 is 2.25 bits per heavy atom. The summed E-state index contributed by atoms with van der Waals surface area (Å²) < 4.78 is 0. The van der Waals surface area contributed by atoms with Gasteiger partial charge in [-0.3, -0.25) is 4.90 Å². The van der Waals surface area contributed by atoms with Crippen molar-refractivity contribution in [1.82, 2.24) is 4.90 Å². The van der Waals surface area contributed by atoms with Crippen molar-refractivity contribution in [2.24, 2.45) is 5.41 Å². The van der Waals surface area contributed by atoms with Crippen molar-refractivity contribution in [3.05, 3.63) is 0 Å². The molecule has 68 valence electrons. The van der Waals surface area contributed by atoms with E-state index in [0.29, 0.717) is 0 Å². The van der Waals surface area contributed by atoms with Crippen LogP contribution in [0.25, 0.3) is 0 Å². The predicted molar refractivity (Wildman–Crippen MR) is 49.7 cm³/mol. The third-order valence-corrected chi connectivity index (χ3v) is 2.44.